The Hall–Kier alpha value is -1.62. The molecule has 0 bridgehead atoms. The molecular weight excluding hydrogens is 225 g/mol. The zero-order valence-electron chi connectivity index (χ0n) is 9.83. The van der Waals surface area contributed by atoms with Crippen LogP contribution in [0.25, 0.3) is 0 Å². The van der Waals surface area contributed by atoms with E-state index in [1.54, 1.807) is 0 Å². The Morgan fingerprint density at radius 3 is 2.59 bits per heavy atom. The highest BCUT2D eigenvalue weighted by molar-refractivity contribution is 5.88. The van der Waals surface area contributed by atoms with Crippen molar-refractivity contribution < 1.29 is 19.4 Å². The molecule has 0 unspecified atom stereocenters. The predicted molar refractivity (Wildman–Crippen MR) is 62.8 cm³/mol. The van der Waals surface area contributed by atoms with Crippen molar-refractivity contribution >= 4 is 11.7 Å². The molecule has 0 aromatic heterocycles. The number of nitrogens with one attached hydrogen (secondary N) is 1. The second kappa shape index (κ2) is 5.14. The average Bonchev–Trinajstić information content (AvgIpc) is 2.20. The molecule has 4 nitrogen and oxygen atoms in total. The zero-order valence-corrected chi connectivity index (χ0v) is 9.83. The number of anilines is 1. The highest BCUT2D eigenvalue weighted by Gasteiger charge is 2.18. The van der Waals surface area contributed by atoms with Crippen molar-refractivity contribution in [1.29, 1.82) is 0 Å². The van der Waals surface area contributed by atoms with Crippen molar-refractivity contribution in [3.05, 3.63) is 29.6 Å². The van der Waals surface area contributed by atoms with E-state index in [-0.39, 0.29) is 17.9 Å². The molecule has 0 amide bonds. The molecule has 5 heteroatoms. The second-order valence-corrected chi connectivity index (χ2v) is 4.48. The number of benzene rings is 1. The maximum absolute atomic E-state index is 13.6. The number of hydrogen-bond acceptors (Lipinski definition) is 3. The van der Waals surface area contributed by atoms with Gasteiger partial charge in [-0.05, 0) is 38.5 Å². The molecule has 0 saturated carbocycles. The highest BCUT2D eigenvalue weighted by atomic mass is 19.1. The number of carboxylic acids is 1. The van der Waals surface area contributed by atoms with Crippen molar-refractivity contribution in [2.24, 2.45) is 0 Å². The molecule has 0 aliphatic heterocycles. The van der Waals surface area contributed by atoms with Crippen LogP contribution in [0.5, 0.6) is 0 Å². The average molecular weight is 241 g/mol. The zero-order chi connectivity index (χ0) is 13.1. The van der Waals surface area contributed by atoms with E-state index in [2.05, 4.69) is 5.32 Å². The first-order chi connectivity index (χ1) is 7.85. The lowest BCUT2D eigenvalue weighted by atomic mass is 10.0. The molecule has 0 atom stereocenters. The van der Waals surface area contributed by atoms with Crippen LogP contribution in [0.4, 0.5) is 10.1 Å². The maximum atomic E-state index is 13.6. The van der Waals surface area contributed by atoms with E-state index < -0.39 is 17.3 Å². The number of halogens is 1. The Labute approximate surface area is 99.1 Å². The molecule has 0 heterocycles. The van der Waals surface area contributed by atoms with Gasteiger partial charge in [0.1, 0.15) is 5.82 Å². The fourth-order valence-corrected chi connectivity index (χ4v) is 1.46. The Morgan fingerprint density at radius 1 is 1.47 bits per heavy atom. The van der Waals surface area contributed by atoms with E-state index in [9.17, 15) is 9.18 Å². The first-order valence-corrected chi connectivity index (χ1v) is 5.27. The summed E-state index contributed by atoms with van der Waals surface area (Å²) in [7, 11) is 0. The minimum Gasteiger partial charge on any atom is -0.478 e. The van der Waals surface area contributed by atoms with Gasteiger partial charge in [0.25, 0.3) is 0 Å². The van der Waals surface area contributed by atoms with E-state index in [0.717, 1.165) is 6.07 Å². The van der Waals surface area contributed by atoms with Crippen LogP contribution in [0.3, 0.4) is 0 Å². The Morgan fingerprint density at radius 2 is 2.12 bits per heavy atom. The smallest absolute Gasteiger partial charge is 0.335 e. The van der Waals surface area contributed by atoms with Gasteiger partial charge in [-0.3, -0.25) is 0 Å². The third kappa shape index (κ3) is 3.71. The lowest BCUT2D eigenvalue weighted by Gasteiger charge is -2.27. The summed E-state index contributed by atoms with van der Waals surface area (Å²) in [6, 6.07) is 3.69. The van der Waals surface area contributed by atoms with Crippen LogP contribution >= 0.6 is 0 Å². The molecule has 0 saturated heterocycles. The molecule has 0 aliphatic rings. The van der Waals surface area contributed by atoms with E-state index in [1.165, 1.54) is 12.1 Å². The van der Waals surface area contributed by atoms with Gasteiger partial charge in [0.2, 0.25) is 0 Å². The lowest BCUT2D eigenvalue weighted by molar-refractivity contribution is 0.0696. The summed E-state index contributed by atoms with van der Waals surface area (Å²) < 4.78 is 13.6. The van der Waals surface area contributed by atoms with Crippen molar-refractivity contribution in [3.8, 4) is 0 Å². The molecule has 94 valence electrons. The molecule has 0 aliphatic carbocycles. The Balaban J connectivity index is 2.90. The van der Waals surface area contributed by atoms with E-state index >= 15 is 0 Å². The topological polar surface area (TPSA) is 69.6 Å². The maximum Gasteiger partial charge on any atom is 0.335 e. The number of aliphatic hydroxyl groups excluding tert-OH is 1. The summed E-state index contributed by atoms with van der Waals surface area (Å²) in [6.07, 6.45) is 0.465. The third-order valence-corrected chi connectivity index (χ3v) is 2.43. The number of hydrogen-bond donors (Lipinski definition) is 3. The van der Waals surface area contributed by atoms with Gasteiger partial charge in [0.05, 0.1) is 11.3 Å². The van der Waals surface area contributed by atoms with Crippen molar-refractivity contribution in [3.63, 3.8) is 0 Å². The van der Waals surface area contributed by atoms with Crippen molar-refractivity contribution in [1.82, 2.24) is 0 Å². The van der Waals surface area contributed by atoms with Crippen molar-refractivity contribution in [2.45, 2.75) is 25.8 Å². The number of aromatic carboxylic acids is 1. The first-order valence-electron chi connectivity index (χ1n) is 5.27. The van der Waals surface area contributed by atoms with Crippen LogP contribution in [0.1, 0.15) is 30.6 Å². The van der Waals surface area contributed by atoms with Gasteiger partial charge >= 0.3 is 5.97 Å². The summed E-state index contributed by atoms with van der Waals surface area (Å²) >= 11 is 0. The quantitative estimate of drug-likeness (QED) is 0.738. The van der Waals surface area contributed by atoms with Crippen LogP contribution in [-0.2, 0) is 0 Å². The van der Waals surface area contributed by atoms with Gasteiger partial charge < -0.3 is 15.5 Å². The molecule has 1 rings (SSSR count). The summed E-state index contributed by atoms with van der Waals surface area (Å²) in [6.45, 7) is 3.65. The molecule has 3 N–H and O–H groups in total. The fourth-order valence-electron chi connectivity index (χ4n) is 1.46. The Kier molecular flexibility index (Phi) is 4.07. The van der Waals surface area contributed by atoms with E-state index in [0.29, 0.717) is 6.42 Å². The van der Waals surface area contributed by atoms with E-state index in [4.69, 9.17) is 10.2 Å². The molecule has 17 heavy (non-hydrogen) atoms. The van der Waals surface area contributed by atoms with Crippen LogP contribution in [0, 0.1) is 5.82 Å². The van der Waals surface area contributed by atoms with Gasteiger partial charge in [0.15, 0.2) is 0 Å². The lowest BCUT2D eigenvalue weighted by Crippen LogP contribution is -2.32. The number of rotatable bonds is 5. The van der Waals surface area contributed by atoms with Gasteiger partial charge in [-0.25, -0.2) is 9.18 Å². The SMILES string of the molecule is CC(C)(CCO)Nc1ccc(C(=O)O)cc1F. The molecule has 0 spiro atoms. The van der Waals surface area contributed by atoms with Crippen LogP contribution in [0.15, 0.2) is 18.2 Å². The molecule has 0 radical (unpaired) electrons. The van der Waals surface area contributed by atoms with Crippen LogP contribution in [-0.4, -0.2) is 28.3 Å². The standard InChI is InChI=1S/C12H16FNO3/c1-12(2,5-6-15)14-10-4-3-8(11(16)17)7-9(10)13/h3-4,7,14-15H,5-6H2,1-2H3,(H,16,17). The number of carboxylic acid groups (broad SMARTS) is 1. The summed E-state index contributed by atoms with van der Waals surface area (Å²) in [4.78, 5) is 10.6. The summed E-state index contributed by atoms with van der Waals surface area (Å²) in [5.74, 6) is -1.78. The number of carbonyl (C=O) groups is 1. The second-order valence-electron chi connectivity index (χ2n) is 4.48. The summed E-state index contributed by atoms with van der Waals surface area (Å²) in [5, 5.41) is 20.5. The van der Waals surface area contributed by atoms with E-state index in [1.807, 2.05) is 13.8 Å². The van der Waals surface area contributed by atoms with Crippen LogP contribution in [0.2, 0.25) is 0 Å². The summed E-state index contributed by atoms with van der Waals surface area (Å²) in [5.41, 5.74) is -0.318. The Bertz CT molecular complexity index is 418. The normalized spacial score (nSPS) is 11.3. The predicted octanol–water partition coefficient (Wildman–Crippen LogP) is 2.10. The fraction of sp³-hybridized carbons (Fsp3) is 0.417. The first kappa shape index (κ1) is 13.4. The molecule has 0 fully saturated rings. The van der Waals surface area contributed by atoms with Gasteiger partial charge in [-0.1, -0.05) is 0 Å². The van der Waals surface area contributed by atoms with Crippen molar-refractivity contribution in [2.75, 3.05) is 11.9 Å². The highest BCUT2D eigenvalue weighted by Crippen LogP contribution is 2.22. The molecular formula is C12H16FNO3. The van der Waals surface area contributed by atoms with Gasteiger partial charge in [0, 0.05) is 12.1 Å². The third-order valence-electron chi connectivity index (χ3n) is 2.43. The van der Waals surface area contributed by atoms with Gasteiger partial charge in [-0.15, -0.1) is 0 Å². The monoisotopic (exact) mass is 241 g/mol. The molecule has 1 aromatic rings. The minimum absolute atomic E-state index is 0.00513. The number of aliphatic hydroxyl groups is 1. The molecule has 1 aromatic carbocycles. The van der Waals surface area contributed by atoms with Crippen LogP contribution < -0.4 is 5.32 Å². The van der Waals surface area contributed by atoms with Gasteiger partial charge in [-0.2, -0.15) is 0 Å². The largest absolute Gasteiger partial charge is 0.478 e. The minimum atomic E-state index is -1.16.